The fourth-order valence-corrected chi connectivity index (χ4v) is 1.94. The van der Waals surface area contributed by atoms with Gasteiger partial charge in [-0.1, -0.05) is 24.3 Å². The molecule has 6 heteroatoms. The van der Waals surface area contributed by atoms with Crippen LogP contribution >= 0.6 is 0 Å². The minimum Gasteiger partial charge on any atom is -0.465 e. The maximum absolute atomic E-state index is 11.7. The number of para-hydroxylation sites is 2. The standard InChI is InChI=1S/C17H16N2O4/c1-22-16(20)12-7-3-5-9-14(12)18-11-19-15-10-6-4-8-13(15)17(21)23-2/h3-11H,1-2H3,(H,18,19). The predicted octanol–water partition coefficient (Wildman–Crippen LogP) is 3.03. The molecule has 0 aliphatic carbocycles. The first-order valence-corrected chi connectivity index (χ1v) is 6.81. The molecule has 2 aromatic carbocycles. The first-order valence-electron chi connectivity index (χ1n) is 6.81. The van der Waals surface area contributed by atoms with Gasteiger partial charge in [0.15, 0.2) is 0 Å². The van der Waals surface area contributed by atoms with Gasteiger partial charge in [-0.2, -0.15) is 0 Å². The zero-order valence-electron chi connectivity index (χ0n) is 12.8. The number of methoxy groups -OCH3 is 2. The molecule has 0 aliphatic heterocycles. The second kappa shape index (κ2) is 7.74. The van der Waals surface area contributed by atoms with Gasteiger partial charge < -0.3 is 14.8 Å². The monoisotopic (exact) mass is 312 g/mol. The molecule has 0 amide bonds. The molecule has 0 heterocycles. The van der Waals surface area contributed by atoms with E-state index in [4.69, 9.17) is 9.47 Å². The molecule has 118 valence electrons. The molecule has 0 fully saturated rings. The van der Waals surface area contributed by atoms with Crippen LogP contribution in [0.15, 0.2) is 53.5 Å². The van der Waals surface area contributed by atoms with Gasteiger partial charge in [-0.3, -0.25) is 0 Å². The van der Waals surface area contributed by atoms with Gasteiger partial charge >= 0.3 is 11.9 Å². The number of hydrogen-bond acceptors (Lipinski definition) is 5. The van der Waals surface area contributed by atoms with E-state index >= 15 is 0 Å². The minimum atomic E-state index is -0.465. The van der Waals surface area contributed by atoms with Gasteiger partial charge in [0.1, 0.15) is 0 Å². The molecule has 6 nitrogen and oxygen atoms in total. The fraction of sp³-hybridized carbons (Fsp3) is 0.118. The van der Waals surface area contributed by atoms with Gasteiger partial charge in [0.05, 0.1) is 43.1 Å². The second-order valence-electron chi connectivity index (χ2n) is 4.45. The lowest BCUT2D eigenvalue weighted by atomic mass is 10.2. The van der Waals surface area contributed by atoms with Crippen molar-refractivity contribution in [3.63, 3.8) is 0 Å². The number of aliphatic imine (C=N–C) groups is 1. The average molecular weight is 312 g/mol. The molecule has 2 rings (SSSR count). The number of carbonyl (C=O) groups excluding carboxylic acids is 2. The number of ether oxygens (including phenoxy) is 2. The zero-order chi connectivity index (χ0) is 16.7. The first-order chi connectivity index (χ1) is 11.2. The number of benzene rings is 2. The zero-order valence-corrected chi connectivity index (χ0v) is 12.8. The summed E-state index contributed by atoms with van der Waals surface area (Å²) < 4.78 is 9.43. The molecule has 0 saturated heterocycles. The van der Waals surface area contributed by atoms with E-state index in [2.05, 4.69) is 10.3 Å². The second-order valence-corrected chi connectivity index (χ2v) is 4.45. The quantitative estimate of drug-likeness (QED) is 0.521. The summed E-state index contributed by atoms with van der Waals surface area (Å²) in [5.41, 5.74) is 1.76. The molecule has 0 bridgehead atoms. The summed E-state index contributed by atoms with van der Waals surface area (Å²) in [5, 5.41) is 2.92. The van der Waals surface area contributed by atoms with Crippen LogP contribution in [-0.4, -0.2) is 32.5 Å². The maximum Gasteiger partial charge on any atom is 0.340 e. The molecule has 23 heavy (non-hydrogen) atoms. The molecule has 2 aromatic rings. The molecule has 0 saturated carbocycles. The van der Waals surface area contributed by atoms with E-state index in [1.165, 1.54) is 20.6 Å². The number of esters is 2. The van der Waals surface area contributed by atoms with Crippen LogP contribution in [0, 0.1) is 0 Å². The van der Waals surface area contributed by atoms with Crippen molar-refractivity contribution in [3.8, 4) is 0 Å². The van der Waals surface area contributed by atoms with Crippen LogP contribution in [0.4, 0.5) is 11.4 Å². The summed E-state index contributed by atoms with van der Waals surface area (Å²) in [4.78, 5) is 27.6. The minimum absolute atomic E-state index is 0.356. The van der Waals surface area contributed by atoms with E-state index in [1.54, 1.807) is 48.5 Å². The van der Waals surface area contributed by atoms with Crippen molar-refractivity contribution in [1.82, 2.24) is 0 Å². The van der Waals surface area contributed by atoms with E-state index < -0.39 is 11.9 Å². The Bertz CT molecular complexity index is 741. The number of nitrogens with one attached hydrogen (secondary N) is 1. The molecule has 0 atom stereocenters. The van der Waals surface area contributed by atoms with Crippen LogP contribution in [0.25, 0.3) is 0 Å². The Morgan fingerprint density at radius 1 is 0.913 bits per heavy atom. The van der Waals surface area contributed by atoms with E-state index in [-0.39, 0.29) is 0 Å². The van der Waals surface area contributed by atoms with Crippen molar-refractivity contribution in [1.29, 1.82) is 0 Å². The Morgan fingerprint density at radius 3 is 2.17 bits per heavy atom. The van der Waals surface area contributed by atoms with Crippen molar-refractivity contribution in [2.45, 2.75) is 0 Å². The Hall–Kier alpha value is -3.15. The van der Waals surface area contributed by atoms with Crippen LogP contribution in [0.5, 0.6) is 0 Å². The van der Waals surface area contributed by atoms with Crippen LogP contribution < -0.4 is 5.32 Å². The molecule has 0 spiro atoms. The molecule has 0 aromatic heterocycles. The van der Waals surface area contributed by atoms with Crippen molar-refractivity contribution in [3.05, 3.63) is 59.7 Å². The number of anilines is 1. The van der Waals surface area contributed by atoms with Crippen LogP contribution in [0.3, 0.4) is 0 Å². The summed E-state index contributed by atoms with van der Waals surface area (Å²) in [5.74, 6) is -0.913. The number of nitrogens with zero attached hydrogens (tertiary/aromatic N) is 1. The predicted molar refractivity (Wildman–Crippen MR) is 87.3 cm³/mol. The van der Waals surface area contributed by atoms with Crippen molar-refractivity contribution < 1.29 is 19.1 Å². The lowest BCUT2D eigenvalue weighted by molar-refractivity contribution is 0.0593. The lowest BCUT2D eigenvalue weighted by Gasteiger charge is -2.07. The Morgan fingerprint density at radius 2 is 1.48 bits per heavy atom. The van der Waals surface area contributed by atoms with E-state index in [1.807, 2.05) is 0 Å². The average Bonchev–Trinajstić information content (AvgIpc) is 2.61. The summed E-state index contributed by atoms with van der Waals surface area (Å²) in [6, 6.07) is 13.7. The SMILES string of the molecule is COC(=O)c1ccccc1N=CNc1ccccc1C(=O)OC. The largest absolute Gasteiger partial charge is 0.465 e. The number of rotatable bonds is 5. The van der Waals surface area contributed by atoms with E-state index in [0.717, 1.165) is 0 Å². The van der Waals surface area contributed by atoms with Crippen molar-refractivity contribution in [2.24, 2.45) is 4.99 Å². The van der Waals surface area contributed by atoms with Gasteiger partial charge in [0.25, 0.3) is 0 Å². The van der Waals surface area contributed by atoms with Gasteiger partial charge in [0.2, 0.25) is 0 Å². The third-order valence-electron chi connectivity index (χ3n) is 3.07. The summed E-state index contributed by atoms with van der Waals surface area (Å²) in [7, 11) is 2.63. The topological polar surface area (TPSA) is 77.0 Å². The Labute approximate surface area is 133 Å². The Kier molecular flexibility index (Phi) is 5.46. The van der Waals surface area contributed by atoms with Gasteiger partial charge in [-0.15, -0.1) is 0 Å². The number of carbonyl (C=O) groups is 2. The fourth-order valence-electron chi connectivity index (χ4n) is 1.94. The highest BCUT2D eigenvalue weighted by Crippen LogP contribution is 2.20. The molecular formula is C17H16N2O4. The molecule has 1 N–H and O–H groups in total. The summed E-state index contributed by atoms with van der Waals surface area (Å²) in [6.07, 6.45) is 1.41. The highest BCUT2D eigenvalue weighted by Gasteiger charge is 2.11. The molecule has 0 unspecified atom stereocenters. The van der Waals surface area contributed by atoms with Crippen molar-refractivity contribution in [2.75, 3.05) is 19.5 Å². The number of hydrogen-bond donors (Lipinski definition) is 1. The molecule has 0 radical (unpaired) electrons. The highest BCUT2D eigenvalue weighted by atomic mass is 16.5. The lowest BCUT2D eigenvalue weighted by Crippen LogP contribution is -2.07. The van der Waals surface area contributed by atoms with Crippen molar-refractivity contribution >= 4 is 29.7 Å². The first kappa shape index (κ1) is 16.2. The third kappa shape index (κ3) is 3.94. The smallest absolute Gasteiger partial charge is 0.340 e. The third-order valence-corrected chi connectivity index (χ3v) is 3.07. The maximum atomic E-state index is 11.7. The van der Waals surface area contributed by atoms with Crippen LogP contribution in [0.1, 0.15) is 20.7 Å². The highest BCUT2D eigenvalue weighted by molar-refractivity contribution is 5.99. The van der Waals surface area contributed by atoms with Gasteiger partial charge in [-0.25, -0.2) is 14.6 Å². The normalized spacial score (nSPS) is 10.3. The van der Waals surface area contributed by atoms with Crippen LogP contribution in [0.2, 0.25) is 0 Å². The van der Waals surface area contributed by atoms with E-state index in [9.17, 15) is 9.59 Å². The van der Waals surface area contributed by atoms with Gasteiger partial charge in [-0.05, 0) is 24.3 Å². The summed E-state index contributed by atoms with van der Waals surface area (Å²) in [6.45, 7) is 0. The van der Waals surface area contributed by atoms with E-state index in [0.29, 0.717) is 22.5 Å². The molecular weight excluding hydrogens is 296 g/mol. The Balaban J connectivity index is 2.21. The van der Waals surface area contributed by atoms with Crippen LogP contribution in [-0.2, 0) is 9.47 Å². The molecule has 0 aliphatic rings. The summed E-state index contributed by atoms with van der Waals surface area (Å²) >= 11 is 0. The van der Waals surface area contributed by atoms with Gasteiger partial charge in [0, 0.05) is 0 Å².